The number of hydrogen-bond donors (Lipinski definition) is 2. The van der Waals surface area contributed by atoms with Crippen LogP contribution in [0.25, 0.3) is 0 Å². The van der Waals surface area contributed by atoms with Gasteiger partial charge in [-0.25, -0.2) is 0 Å². The minimum absolute atomic E-state index is 0.0130. The highest BCUT2D eigenvalue weighted by Gasteiger charge is 2.28. The van der Waals surface area contributed by atoms with Crippen LogP contribution in [0.15, 0.2) is 48.5 Å². The lowest BCUT2D eigenvalue weighted by molar-refractivity contribution is -0.137. The number of anilines is 2. The van der Waals surface area contributed by atoms with Crippen LogP contribution in [-0.4, -0.2) is 72.5 Å². The predicted molar refractivity (Wildman–Crippen MR) is 123 cm³/mol. The number of carbonyl (C=O) groups excluding carboxylic acids is 2. The molecule has 0 spiro atoms. The van der Waals surface area contributed by atoms with E-state index in [9.17, 15) is 14.7 Å². The Morgan fingerprint density at radius 2 is 1.71 bits per heavy atom. The lowest BCUT2D eigenvalue weighted by atomic mass is 10.1. The second-order valence-electron chi connectivity index (χ2n) is 7.94. The van der Waals surface area contributed by atoms with Gasteiger partial charge in [-0.1, -0.05) is 37.3 Å². The van der Waals surface area contributed by atoms with Crippen LogP contribution in [0.2, 0.25) is 0 Å². The molecule has 1 saturated heterocycles. The van der Waals surface area contributed by atoms with E-state index in [-0.39, 0.29) is 30.2 Å². The van der Waals surface area contributed by atoms with Crippen molar-refractivity contribution >= 4 is 23.2 Å². The van der Waals surface area contributed by atoms with E-state index in [4.69, 9.17) is 0 Å². The number of benzene rings is 2. The number of carbonyl (C=O) groups is 2. The third-order valence-electron chi connectivity index (χ3n) is 5.87. The van der Waals surface area contributed by atoms with Crippen molar-refractivity contribution in [1.29, 1.82) is 0 Å². The summed E-state index contributed by atoms with van der Waals surface area (Å²) in [6.07, 6.45) is 0.828. The molecule has 1 unspecified atom stereocenters. The number of para-hydroxylation sites is 3. The maximum atomic E-state index is 12.9. The van der Waals surface area contributed by atoms with Gasteiger partial charge < -0.3 is 20.2 Å². The Morgan fingerprint density at radius 1 is 1.06 bits per heavy atom. The molecule has 7 nitrogen and oxygen atoms in total. The Balaban J connectivity index is 1.51. The number of phenolic OH excluding ortho intramolecular Hbond substituents is 1. The number of hydrogen-bond acceptors (Lipinski definition) is 5. The van der Waals surface area contributed by atoms with Crippen LogP contribution < -0.4 is 10.2 Å². The molecule has 3 rings (SSSR count). The molecule has 1 heterocycles. The number of rotatable bonds is 7. The van der Waals surface area contributed by atoms with Gasteiger partial charge >= 0.3 is 0 Å². The summed E-state index contributed by atoms with van der Waals surface area (Å²) in [5.74, 6) is -0.00118. The quantitative estimate of drug-likeness (QED) is 0.715. The van der Waals surface area contributed by atoms with Crippen LogP contribution in [0, 0.1) is 0 Å². The van der Waals surface area contributed by atoms with Crippen molar-refractivity contribution in [2.75, 3.05) is 50.0 Å². The summed E-state index contributed by atoms with van der Waals surface area (Å²) in [6, 6.07) is 14.7. The molecule has 0 bridgehead atoms. The second kappa shape index (κ2) is 10.3. The first-order valence-electron chi connectivity index (χ1n) is 10.8. The molecule has 166 valence electrons. The van der Waals surface area contributed by atoms with Crippen LogP contribution in [0.4, 0.5) is 11.4 Å². The van der Waals surface area contributed by atoms with E-state index < -0.39 is 0 Å². The maximum Gasteiger partial charge on any atom is 0.243 e. The summed E-state index contributed by atoms with van der Waals surface area (Å²) in [5.41, 5.74) is 2.69. The Morgan fingerprint density at radius 3 is 2.39 bits per heavy atom. The highest BCUT2D eigenvalue weighted by Crippen LogP contribution is 2.27. The molecule has 2 aromatic rings. The van der Waals surface area contributed by atoms with Gasteiger partial charge in [-0.2, -0.15) is 0 Å². The van der Waals surface area contributed by atoms with Crippen molar-refractivity contribution in [1.82, 2.24) is 9.80 Å². The number of phenols is 1. The van der Waals surface area contributed by atoms with Crippen molar-refractivity contribution < 1.29 is 14.7 Å². The summed E-state index contributed by atoms with van der Waals surface area (Å²) in [4.78, 5) is 31.1. The van der Waals surface area contributed by atoms with E-state index in [0.717, 1.165) is 36.4 Å². The van der Waals surface area contributed by atoms with E-state index in [0.29, 0.717) is 13.1 Å². The molecule has 0 saturated carbocycles. The van der Waals surface area contributed by atoms with Gasteiger partial charge in [0.1, 0.15) is 5.75 Å². The molecule has 0 radical (unpaired) electrons. The highest BCUT2D eigenvalue weighted by atomic mass is 16.3. The minimum Gasteiger partial charge on any atom is -0.506 e. The van der Waals surface area contributed by atoms with E-state index >= 15 is 0 Å². The van der Waals surface area contributed by atoms with E-state index in [1.54, 1.807) is 13.1 Å². The molecule has 7 heteroatoms. The summed E-state index contributed by atoms with van der Waals surface area (Å²) >= 11 is 0. The molecule has 2 aromatic carbocycles. The molecular weight excluding hydrogens is 392 g/mol. The zero-order valence-corrected chi connectivity index (χ0v) is 18.5. The first kappa shape index (κ1) is 22.6. The van der Waals surface area contributed by atoms with Crippen LogP contribution in [0.1, 0.15) is 19.4 Å². The van der Waals surface area contributed by atoms with Gasteiger partial charge in [0, 0.05) is 38.9 Å². The van der Waals surface area contributed by atoms with E-state index in [2.05, 4.69) is 15.1 Å². The molecule has 1 aliphatic heterocycles. The molecule has 31 heavy (non-hydrogen) atoms. The molecule has 1 aliphatic rings. The van der Waals surface area contributed by atoms with Crippen LogP contribution >= 0.6 is 0 Å². The van der Waals surface area contributed by atoms with Crippen molar-refractivity contribution in [2.45, 2.75) is 26.3 Å². The van der Waals surface area contributed by atoms with Gasteiger partial charge in [0.05, 0.1) is 18.3 Å². The zero-order chi connectivity index (χ0) is 22.4. The van der Waals surface area contributed by atoms with Gasteiger partial charge in [0.15, 0.2) is 0 Å². The zero-order valence-electron chi connectivity index (χ0n) is 18.5. The van der Waals surface area contributed by atoms with Gasteiger partial charge in [0.25, 0.3) is 0 Å². The average Bonchev–Trinajstić information content (AvgIpc) is 2.78. The number of amides is 2. The smallest absolute Gasteiger partial charge is 0.243 e. The van der Waals surface area contributed by atoms with Crippen LogP contribution in [0.3, 0.4) is 0 Å². The molecular formula is C24H32N4O3. The number of aromatic hydroxyl groups is 1. The monoisotopic (exact) mass is 424 g/mol. The average molecular weight is 425 g/mol. The van der Waals surface area contributed by atoms with Crippen LogP contribution in [-0.2, 0) is 16.0 Å². The summed E-state index contributed by atoms with van der Waals surface area (Å²) in [7, 11) is 1.67. The summed E-state index contributed by atoms with van der Waals surface area (Å²) in [5, 5.41) is 13.0. The minimum atomic E-state index is -0.313. The first-order valence-corrected chi connectivity index (χ1v) is 10.8. The number of aryl methyl sites for hydroxylation is 1. The Bertz CT molecular complexity index is 909. The SMILES string of the molecule is CCc1ccccc1NC(=O)CN(C)C(=O)C(C)N1CCN(c2ccccc2O)CC1. The third kappa shape index (κ3) is 5.55. The Kier molecular flexibility index (Phi) is 7.52. The topological polar surface area (TPSA) is 76.1 Å². The standard InChI is InChI=1S/C24H32N4O3/c1-4-19-9-5-6-10-20(19)25-23(30)17-26(3)24(31)18(2)27-13-15-28(16-14-27)21-11-7-8-12-22(21)29/h5-12,18,29H,4,13-17H2,1-3H3,(H,25,30). The third-order valence-corrected chi connectivity index (χ3v) is 5.87. The molecule has 2 N–H and O–H groups in total. The predicted octanol–water partition coefficient (Wildman–Crippen LogP) is 2.56. The summed E-state index contributed by atoms with van der Waals surface area (Å²) < 4.78 is 0. The second-order valence-corrected chi connectivity index (χ2v) is 7.94. The fraction of sp³-hybridized carbons (Fsp3) is 0.417. The van der Waals surface area contributed by atoms with Crippen LogP contribution in [0.5, 0.6) is 5.75 Å². The Hall–Kier alpha value is -3.06. The lowest BCUT2D eigenvalue weighted by Crippen LogP contribution is -2.54. The molecule has 1 atom stereocenters. The largest absolute Gasteiger partial charge is 0.506 e. The number of piperazine rings is 1. The number of nitrogens with zero attached hydrogens (tertiary/aromatic N) is 3. The number of likely N-dealkylation sites (N-methyl/N-ethyl adjacent to an activating group) is 1. The molecule has 0 aromatic heterocycles. The van der Waals surface area contributed by atoms with Gasteiger partial charge in [-0.15, -0.1) is 0 Å². The van der Waals surface area contributed by atoms with Crippen molar-refractivity contribution in [3.63, 3.8) is 0 Å². The fourth-order valence-electron chi connectivity index (χ4n) is 3.99. The van der Waals surface area contributed by atoms with Gasteiger partial charge in [0.2, 0.25) is 11.8 Å². The molecule has 2 amide bonds. The number of nitrogens with one attached hydrogen (secondary N) is 1. The van der Waals surface area contributed by atoms with Crippen molar-refractivity contribution in [3.8, 4) is 5.75 Å². The highest BCUT2D eigenvalue weighted by molar-refractivity contribution is 5.95. The van der Waals surface area contributed by atoms with E-state index in [1.165, 1.54) is 4.90 Å². The van der Waals surface area contributed by atoms with Gasteiger partial charge in [-0.05, 0) is 37.1 Å². The molecule has 0 aliphatic carbocycles. The van der Waals surface area contributed by atoms with E-state index in [1.807, 2.05) is 56.3 Å². The first-order chi connectivity index (χ1) is 14.9. The normalized spacial score (nSPS) is 15.4. The lowest BCUT2D eigenvalue weighted by Gasteiger charge is -2.39. The van der Waals surface area contributed by atoms with Crippen molar-refractivity contribution in [2.24, 2.45) is 0 Å². The maximum absolute atomic E-state index is 12.9. The van der Waals surface area contributed by atoms with Gasteiger partial charge in [-0.3, -0.25) is 14.5 Å². The summed E-state index contributed by atoms with van der Waals surface area (Å²) in [6.45, 7) is 6.83. The molecule has 1 fully saturated rings. The van der Waals surface area contributed by atoms with Crippen molar-refractivity contribution in [3.05, 3.63) is 54.1 Å². The Labute approximate surface area is 184 Å². The fourth-order valence-corrected chi connectivity index (χ4v) is 3.99.